The third-order valence-electron chi connectivity index (χ3n) is 11.7. The molecule has 0 saturated heterocycles. The van der Waals surface area contributed by atoms with Crippen molar-refractivity contribution in [3.05, 3.63) is 0 Å². The molecule has 10 atom stereocenters. The average molecular weight is 1220 g/mol. The van der Waals surface area contributed by atoms with E-state index in [1.165, 1.54) is 64.2 Å². The minimum Gasteiger partial charge on any atom is -0.396 e. The first-order valence-corrected chi connectivity index (χ1v) is 15.6. The molecular formula is C32H58O4Y8. The molecule has 0 aromatic rings. The molecule has 2 unspecified atom stereocenters. The van der Waals surface area contributed by atoms with E-state index in [4.69, 9.17) is 5.11 Å². The van der Waals surface area contributed by atoms with Gasteiger partial charge in [0.05, 0.1) is 12.2 Å². The number of aldehydes is 1. The molecule has 4 rings (SSSR count). The summed E-state index contributed by atoms with van der Waals surface area (Å²) in [7, 11) is 0. The van der Waals surface area contributed by atoms with Crippen LogP contribution in [-0.2, 0) is 266 Å². The Morgan fingerprint density at radius 1 is 0.636 bits per heavy atom. The van der Waals surface area contributed by atoms with Crippen molar-refractivity contribution >= 4 is 6.29 Å². The molecule has 4 nitrogen and oxygen atoms in total. The van der Waals surface area contributed by atoms with Gasteiger partial charge >= 0.3 is 0 Å². The molecule has 4 aliphatic rings. The zero-order chi connectivity index (χ0) is 26.3. The SMILES string of the molecule is C[C@H](CCCC=O)C1CC[C@H]2[C@@H](O)CCC[C@]12C.C[C@H](CCCCO)C1CC[C@H]2[C@@H](O)CCC[C@]12C.[Y].[Y].[Y].[Y].[Y].[Y].[Y].[Y]. The summed E-state index contributed by atoms with van der Waals surface area (Å²) in [6, 6.07) is 0. The van der Waals surface area contributed by atoms with Crippen LogP contribution in [0, 0.1) is 46.3 Å². The van der Waals surface area contributed by atoms with Crippen molar-refractivity contribution in [2.24, 2.45) is 46.3 Å². The second kappa shape index (κ2) is 33.5. The van der Waals surface area contributed by atoms with Crippen molar-refractivity contribution in [3.8, 4) is 0 Å². The van der Waals surface area contributed by atoms with Crippen molar-refractivity contribution in [2.45, 2.75) is 143 Å². The predicted octanol–water partition coefficient (Wildman–Crippen LogP) is 6.91. The quantitative estimate of drug-likeness (QED) is 0.164. The molecule has 0 spiro atoms. The number of rotatable bonds is 10. The van der Waals surface area contributed by atoms with Gasteiger partial charge in [-0.3, -0.25) is 0 Å². The number of carbonyl (C=O) groups is 1. The molecule has 0 aromatic carbocycles. The number of fused-ring (bicyclic) bond motifs is 2. The van der Waals surface area contributed by atoms with E-state index in [1.54, 1.807) is 0 Å². The van der Waals surface area contributed by atoms with Crippen molar-refractivity contribution in [1.82, 2.24) is 0 Å². The van der Waals surface area contributed by atoms with E-state index in [9.17, 15) is 15.0 Å². The van der Waals surface area contributed by atoms with Crippen LogP contribution in [0.3, 0.4) is 0 Å². The molecule has 44 heavy (non-hydrogen) atoms. The number of carbonyl (C=O) groups excluding carboxylic acids is 1. The first-order chi connectivity index (χ1) is 17.2. The molecular weight excluding hydrogens is 1160 g/mol. The van der Waals surface area contributed by atoms with E-state index in [0.29, 0.717) is 41.6 Å². The van der Waals surface area contributed by atoms with Crippen LogP contribution in [0.4, 0.5) is 0 Å². The maximum atomic E-state index is 10.4. The maximum Gasteiger partial charge on any atom is 0.119 e. The van der Waals surface area contributed by atoms with Gasteiger partial charge in [-0.1, -0.05) is 59.8 Å². The topological polar surface area (TPSA) is 77.8 Å². The fraction of sp³-hybridized carbons (Fsp3) is 0.969. The molecule has 0 aliphatic heterocycles. The first-order valence-electron chi connectivity index (χ1n) is 15.6. The van der Waals surface area contributed by atoms with Gasteiger partial charge in [0.1, 0.15) is 6.29 Å². The summed E-state index contributed by atoms with van der Waals surface area (Å²) in [6.45, 7) is 9.91. The van der Waals surface area contributed by atoms with Crippen molar-refractivity contribution in [1.29, 1.82) is 0 Å². The number of hydrogen-bond donors (Lipinski definition) is 3. The number of aliphatic hydroxyl groups excluding tert-OH is 3. The average Bonchev–Trinajstić information content (AvgIpc) is 3.38. The molecule has 4 aliphatic carbocycles. The minimum atomic E-state index is -0.0593. The number of hydrogen-bond acceptors (Lipinski definition) is 4. The molecule has 3 N–H and O–H groups in total. The van der Waals surface area contributed by atoms with Gasteiger partial charge < -0.3 is 20.1 Å². The summed E-state index contributed by atoms with van der Waals surface area (Å²) in [5, 5.41) is 29.3. The summed E-state index contributed by atoms with van der Waals surface area (Å²) in [5.41, 5.74) is 0.745. The zero-order valence-electron chi connectivity index (χ0n) is 28.6. The standard InChI is InChI=1S/C16H30O2.C16H28O2.8Y/c2*1-12(6-3-4-11-17)13-8-9-14-15(18)7-5-10-16(13,14)2;;;;;;;;/h12-15,17-18H,3-11H2,1-2H3;11-15,18H,3-10H2,1-2H3;;;;;;;;/t2*12-,13?,14+,15+,16-;;;;;;;;/m11......../s1. The van der Waals surface area contributed by atoms with E-state index in [0.717, 1.165) is 56.1 Å². The van der Waals surface area contributed by atoms with Gasteiger partial charge in [0.15, 0.2) is 0 Å². The van der Waals surface area contributed by atoms with Gasteiger partial charge in [-0.05, 0) is 111 Å². The van der Waals surface area contributed by atoms with E-state index in [-0.39, 0.29) is 274 Å². The summed E-state index contributed by atoms with van der Waals surface area (Å²) in [5.74, 6) is 4.07. The van der Waals surface area contributed by atoms with Crippen LogP contribution in [0.15, 0.2) is 0 Å². The zero-order valence-corrected chi connectivity index (χ0v) is 51.3. The predicted molar refractivity (Wildman–Crippen MR) is 148 cm³/mol. The first kappa shape index (κ1) is 64.3. The van der Waals surface area contributed by atoms with Crippen molar-refractivity contribution in [2.75, 3.05) is 6.61 Å². The van der Waals surface area contributed by atoms with Crippen LogP contribution in [0.25, 0.3) is 0 Å². The Morgan fingerprint density at radius 3 is 1.39 bits per heavy atom. The Bertz CT molecular complexity index is 697. The molecule has 0 aromatic heterocycles. The molecule has 0 bridgehead atoms. The minimum absolute atomic E-state index is 0. The van der Waals surface area contributed by atoms with Gasteiger partial charge in [-0.25, -0.2) is 0 Å². The Balaban J connectivity index is -0.000000139. The Morgan fingerprint density at radius 2 is 1.02 bits per heavy atom. The largest absolute Gasteiger partial charge is 0.396 e. The summed E-state index contributed by atoms with van der Waals surface area (Å²) < 4.78 is 0. The van der Waals surface area contributed by atoms with E-state index in [2.05, 4.69) is 27.7 Å². The summed E-state index contributed by atoms with van der Waals surface area (Å²) >= 11 is 0. The van der Waals surface area contributed by atoms with E-state index in [1.807, 2.05) is 0 Å². The van der Waals surface area contributed by atoms with Crippen molar-refractivity contribution < 1.29 is 282 Å². The van der Waals surface area contributed by atoms with Gasteiger partial charge in [0.25, 0.3) is 0 Å². The molecule has 8 radical (unpaired) electrons. The monoisotopic (exact) mass is 1220 g/mol. The molecule has 234 valence electrons. The molecule has 0 heterocycles. The number of aliphatic hydroxyl groups is 3. The second-order valence-corrected chi connectivity index (χ2v) is 13.8. The van der Waals surface area contributed by atoms with Crippen LogP contribution < -0.4 is 0 Å². The fourth-order valence-corrected chi connectivity index (χ4v) is 9.75. The van der Waals surface area contributed by atoms with Gasteiger partial charge in [0, 0.05) is 275 Å². The Hall–Kier alpha value is 8.38. The van der Waals surface area contributed by atoms with Gasteiger partial charge in [0.2, 0.25) is 0 Å². The van der Waals surface area contributed by atoms with E-state index < -0.39 is 0 Å². The van der Waals surface area contributed by atoms with Gasteiger partial charge in [-0.2, -0.15) is 0 Å². The normalized spacial score (nSPS) is 34.0. The molecule has 4 fully saturated rings. The van der Waals surface area contributed by atoms with E-state index >= 15 is 0 Å². The second-order valence-electron chi connectivity index (χ2n) is 13.8. The van der Waals surface area contributed by atoms with Crippen LogP contribution in [0.2, 0.25) is 0 Å². The summed E-state index contributed by atoms with van der Waals surface area (Å²) in [4.78, 5) is 10.4. The Kier molecular flexibility index (Phi) is 49.0. The smallest absolute Gasteiger partial charge is 0.119 e. The third-order valence-corrected chi connectivity index (χ3v) is 11.7. The third kappa shape index (κ3) is 18.1. The fourth-order valence-electron chi connectivity index (χ4n) is 9.75. The maximum absolute atomic E-state index is 10.4. The van der Waals surface area contributed by atoms with Crippen LogP contribution in [-0.4, -0.2) is 40.4 Å². The molecule has 0 amide bonds. The van der Waals surface area contributed by atoms with Crippen LogP contribution in [0.1, 0.15) is 130 Å². The molecule has 12 heteroatoms. The van der Waals surface area contributed by atoms with Crippen LogP contribution in [0.5, 0.6) is 0 Å². The Labute approximate surface area is 473 Å². The van der Waals surface area contributed by atoms with Crippen LogP contribution >= 0.6 is 0 Å². The van der Waals surface area contributed by atoms with Crippen molar-refractivity contribution in [3.63, 3.8) is 0 Å². The number of unbranched alkanes of at least 4 members (excludes halogenated alkanes) is 2. The summed E-state index contributed by atoms with van der Waals surface area (Å²) in [6.07, 6.45) is 19.2. The molecule has 4 saturated carbocycles. The van der Waals surface area contributed by atoms with Gasteiger partial charge in [-0.15, -0.1) is 0 Å².